The summed E-state index contributed by atoms with van der Waals surface area (Å²) in [6.45, 7) is 5.87. The molecule has 0 fully saturated rings. The largest absolute Gasteiger partial charge is 0.383 e. The zero-order valence-corrected chi connectivity index (χ0v) is 17.3. The van der Waals surface area contributed by atoms with Crippen LogP contribution in [0.2, 0.25) is 5.02 Å². The maximum absolute atomic E-state index is 13.2. The second-order valence-electron chi connectivity index (χ2n) is 6.16. The van der Waals surface area contributed by atoms with Gasteiger partial charge in [0.15, 0.2) is 0 Å². The van der Waals surface area contributed by atoms with Gasteiger partial charge in [-0.1, -0.05) is 23.7 Å². The topological polar surface area (TPSA) is 75.7 Å². The quantitative estimate of drug-likeness (QED) is 0.627. The fourth-order valence-electron chi connectivity index (χ4n) is 2.59. The Bertz CT molecular complexity index is 929. The van der Waals surface area contributed by atoms with Crippen LogP contribution in [0.1, 0.15) is 17.3 Å². The van der Waals surface area contributed by atoms with Gasteiger partial charge >= 0.3 is 0 Å². The number of nitrogens with one attached hydrogen (secondary N) is 1. The van der Waals surface area contributed by atoms with Crippen molar-refractivity contribution in [1.82, 2.24) is 5.32 Å². The van der Waals surface area contributed by atoms with E-state index in [-0.39, 0.29) is 29.0 Å². The Morgan fingerprint density at radius 1 is 1.29 bits per heavy atom. The van der Waals surface area contributed by atoms with Crippen molar-refractivity contribution in [3.05, 3.63) is 71.8 Å². The van der Waals surface area contributed by atoms with Gasteiger partial charge in [0.25, 0.3) is 15.9 Å². The summed E-state index contributed by atoms with van der Waals surface area (Å²) in [5.74, 6) is -0.372. The summed E-state index contributed by atoms with van der Waals surface area (Å²) in [5, 5.41) is 3.27. The van der Waals surface area contributed by atoms with Crippen LogP contribution in [0, 0.1) is 0 Å². The van der Waals surface area contributed by atoms with Gasteiger partial charge in [0.2, 0.25) is 0 Å². The highest BCUT2D eigenvalue weighted by molar-refractivity contribution is 7.92. The summed E-state index contributed by atoms with van der Waals surface area (Å²) in [6, 6.07) is 12.2. The smallest absolute Gasteiger partial charge is 0.264 e. The zero-order valence-electron chi connectivity index (χ0n) is 15.8. The van der Waals surface area contributed by atoms with Gasteiger partial charge in [-0.05, 0) is 49.4 Å². The fourth-order valence-corrected chi connectivity index (χ4v) is 4.20. The molecule has 1 unspecified atom stereocenters. The van der Waals surface area contributed by atoms with E-state index in [0.29, 0.717) is 17.3 Å². The third-order valence-corrected chi connectivity index (χ3v) is 5.93. The molecule has 0 saturated carbocycles. The van der Waals surface area contributed by atoms with E-state index < -0.39 is 10.0 Å². The van der Waals surface area contributed by atoms with Gasteiger partial charge in [-0.15, -0.1) is 6.58 Å². The molecule has 0 aromatic heterocycles. The molecule has 0 aliphatic rings. The first-order valence-electron chi connectivity index (χ1n) is 8.58. The highest BCUT2D eigenvalue weighted by Gasteiger charge is 2.25. The molecule has 2 rings (SSSR count). The molecule has 0 spiro atoms. The molecule has 2 aromatic rings. The molecule has 0 aliphatic heterocycles. The lowest BCUT2D eigenvalue weighted by atomic mass is 10.2. The first-order valence-corrected chi connectivity index (χ1v) is 10.4. The molecule has 1 amide bonds. The molecule has 1 atom stereocenters. The third kappa shape index (κ3) is 5.34. The Morgan fingerprint density at radius 2 is 1.96 bits per heavy atom. The number of carbonyl (C=O) groups excluding carboxylic acids is 1. The molecule has 0 heterocycles. The summed E-state index contributed by atoms with van der Waals surface area (Å²) >= 11 is 5.90. The number of nitrogens with zero attached hydrogens (tertiary/aromatic N) is 1. The van der Waals surface area contributed by atoms with Crippen LogP contribution in [0.25, 0.3) is 0 Å². The van der Waals surface area contributed by atoms with Crippen molar-refractivity contribution in [3.8, 4) is 0 Å². The molecule has 0 aliphatic carbocycles. The summed E-state index contributed by atoms with van der Waals surface area (Å²) in [7, 11) is -2.37. The van der Waals surface area contributed by atoms with Crippen LogP contribution in [-0.2, 0) is 14.8 Å². The Kier molecular flexibility index (Phi) is 7.62. The molecule has 0 saturated heterocycles. The number of ether oxygens (including phenoxy) is 1. The van der Waals surface area contributed by atoms with E-state index >= 15 is 0 Å². The molecule has 2 aromatic carbocycles. The van der Waals surface area contributed by atoms with Gasteiger partial charge in [0.1, 0.15) is 0 Å². The highest BCUT2D eigenvalue weighted by Crippen LogP contribution is 2.25. The first kappa shape index (κ1) is 21.9. The maximum Gasteiger partial charge on any atom is 0.264 e. The molecule has 0 bridgehead atoms. The summed E-state index contributed by atoms with van der Waals surface area (Å²) in [5.41, 5.74) is 0.701. The predicted molar refractivity (Wildman–Crippen MR) is 111 cm³/mol. The number of anilines is 1. The van der Waals surface area contributed by atoms with E-state index in [1.54, 1.807) is 44.4 Å². The zero-order chi connectivity index (χ0) is 20.7. The van der Waals surface area contributed by atoms with Gasteiger partial charge in [-0.25, -0.2) is 8.42 Å². The Hall–Kier alpha value is -2.35. The third-order valence-electron chi connectivity index (χ3n) is 3.89. The van der Waals surface area contributed by atoms with Crippen molar-refractivity contribution in [1.29, 1.82) is 0 Å². The van der Waals surface area contributed by atoms with Gasteiger partial charge in [0.05, 0.1) is 23.7 Å². The number of hydrogen-bond donors (Lipinski definition) is 1. The fraction of sp³-hybridized carbons (Fsp3) is 0.250. The number of halogens is 1. The lowest BCUT2D eigenvalue weighted by Gasteiger charge is -2.23. The van der Waals surface area contributed by atoms with Crippen LogP contribution >= 0.6 is 11.6 Å². The van der Waals surface area contributed by atoms with Gasteiger partial charge in [0, 0.05) is 23.7 Å². The normalized spacial score (nSPS) is 12.2. The van der Waals surface area contributed by atoms with E-state index in [2.05, 4.69) is 11.9 Å². The molecule has 28 heavy (non-hydrogen) atoms. The summed E-state index contributed by atoms with van der Waals surface area (Å²) < 4.78 is 32.6. The van der Waals surface area contributed by atoms with E-state index in [0.717, 1.165) is 0 Å². The van der Waals surface area contributed by atoms with E-state index in [4.69, 9.17) is 16.3 Å². The maximum atomic E-state index is 13.2. The molecular weight excluding hydrogens is 400 g/mol. The number of amides is 1. The van der Waals surface area contributed by atoms with Crippen LogP contribution in [0.4, 0.5) is 5.69 Å². The number of hydrogen-bond acceptors (Lipinski definition) is 4. The molecular formula is C20H23ClN2O4S. The molecule has 150 valence electrons. The van der Waals surface area contributed by atoms with Gasteiger partial charge in [-0.2, -0.15) is 0 Å². The van der Waals surface area contributed by atoms with Crippen LogP contribution in [0.15, 0.2) is 66.1 Å². The average Bonchev–Trinajstić information content (AvgIpc) is 2.67. The van der Waals surface area contributed by atoms with Crippen LogP contribution in [0.3, 0.4) is 0 Å². The van der Waals surface area contributed by atoms with Crippen molar-refractivity contribution in [2.24, 2.45) is 0 Å². The van der Waals surface area contributed by atoms with Crippen molar-refractivity contribution in [2.75, 3.05) is 24.6 Å². The Balaban J connectivity index is 2.36. The monoisotopic (exact) mass is 422 g/mol. The van der Waals surface area contributed by atoms with Crippen molar-refractivity contribution < 1.29 is 17.9 Å². The first-order chi connectivity index (χ1) is 13.3. The van der Waals surface area contributed by atoms with Gasteiger partial charge < -0.3 is 10.1 Å². The van der Waals surface area contributed by atoms with E-state index in [1.807, 2.05) is 0 Å². The van der Waals surface area contributed by atoms with Crippen LogP contribution in [0.5, 0.6) is 0 Å². The SMILES string of the molecule is C=CCN(c1ccc(Cl)cc1)S(=O)(=O)c1cccc(C(=O)NC(C)COC)c1. The minimum atomic E-state index is -3.91. The number of sulfonamides is 1. The highest BCUT2D eigenvalue weighted by atomic mass is 35.5. The lowest BCUT2D eigenvalue weighted by molar-refractivity contribution is 0.0905. The lowest BCUT2D eigenvalue weighted by Crippen LogP contribution is -2.36. The second-order valence-corrected chi connectivity index (χ2v) is 8.46. The van der Waals surface area contributed by atoms with E-state index in [1.165, 1.54) is 28.6 Å². The summed E-state index contributed by atoms with van der Waals surface area (Å²) in [6.07, 6.45) is 1.50. The number of carbonyl (C=O) groups is 1. The van der Waals surface area contributed by atoms with Crippen LogP contribution < -0.4 is 9.62 Å². The Labute approximate surface area is 170 Å². The standard InChI is InChI=1S/C20H23ClN2O4S/c1-4-12-23(18-10-8-17(21)9-11-18)28(25,26)19-7-5-6-16(13-19)20(24)22-15(2)14-27-3/h4-11,13,15H,1,12,14H2,2-3H3,(H,22,24). The molecule has 8 heteroatoms. The average molecular weight is 423 g/mol. The molecule has 0 radical (unpaired) electrons. The Morgan fingerprint density at radius 3 is 2.57 bits per heavy atom. The number of methoxy groups -OCH3 is 1. The summed E-state index contributed by atoms with van der Waals surface area (Å²) in [4.78, 5) is 12.4. The molecule has 1 N–H and O–H groups in total. The van der Waals surface area contributed by atoms with Crippen molar-refractivity contribution >= 4 is 33.2 Å². The van der Waals surface area contributed by atoms with Crippen LogP contribution in [-0.4, -0.2) is 40.6 Å². The number of benzene rings is 2. The number of rotatable bonds is 9. The second kappa shape index (κ2) is 9.73. The van der Waals surface area contributed by atoms with Crippen molar-refractivity contribution in [2.45, 2.75) is 17.9 Å². The van der Waals surface area contributed by atoms with E-state index in [9.17, 15) is 13.2 Å². The minimum absolute atomic E-state index is 0.0105. The van der Waals surface area contributed by atoms with Gasteiger partial charge in [-0.3, -0.25) is 9.10 Å². The minimum Gasteiger partial charge on any atom is -0.383 e. The molecule has 6 nitrogen and oxygen atoms in total. The van der Waals surface area contributed by atoms with Crippen molar-refractivity contribution in [3.63, 3.8) is 0 Å². The predicted octanol–water partition coefficient (Wildman–Crippen LogP) is 3.49.